The normalized spacial score (nSPS) is 22.2. The van der Waals surface area contributed by atoms with Crippen molar-refractivity contribution in [1.82, 2.24) is 0 Å². The van der Waals surface area contributed by atoms with E-state index >= 15 is 0 Å². The molecular formula is C28H34O3. The van der Waals surface area contributed by atoms with E-state index in [1.807, 2.05) is 31.2 Å². The summed E-state index contributed by atoms with van der Waals surface area (Å²) in [5.41, 5.74) is 6.61. The molecule has 164 valence electrons. The second-order valence-electron chi connectivity index (χ2n) is 10.7. The van der Waals surface area contributed by atoms with Crippen LogP contribution in [0.5, 0.6) is 0 Å². The third-order valence-corrected chi connectivity index (χ3v) is 7.44. The van der Waals surface area contributed by atoms with Gasteiger partial charge in [-0.15, -0.1) is 0 Å². The van der Waals surface area contributed by atoms with Gasteiger partial charge >= 0.3 is 0 Å². The minimum atomic E-state index is -0.649. The fourth-order valence-corrected chi connectivity index (χ4v) is 5.22. The van der Waals surface area contributed by atoms with Crippen LogP contribution in [0.1, 0.15) is 98.0 Å². The summed E-state index contributed by atoms with van der Waals surface area (Å²) >= 11 is 0. The Morgan fingerprint density at radius 3 is 2.13 bits per heavy atom. The third kappa shape index (κ3) is 3.85. The summed E-state index contributed by atoms with van der Waals surface area (Å²) in [5.74, 6) is 0.279. The van der Waals surface area contributed by atoms with E-state index in [0.717, 1.165) is 36.0 Å². The molecule has 0 aliphatic heterocycles. The monoisotopic (exact) mass is 418 g/mol. The maximum absolute atomic E-state index is 13.4. The van der Waals surface area contributed by atoms with E-state index in [1.165, 1.54) is 11.1 Å². The highest BCUT2D eigenvalue weighted by molar-refractivity contribution is 6.10. The number of hydrogen-bond acceptors (Lipinski definition) is 3. The lowest BCUT2D eigenvalue weighted by molar-refractivity contribution is 0.103. The van der Waals surface area contributed by atoms with Crippen molar-refractivity contribution in [2.24, 2.45) is 0 Å². The van der Waals surface area contributed by atoms with Gasteiger partial charge < -0.3 is 10.2 Å². The molecule has 1 atom stereocenters. The maximum Gasteiger partial charge on any atom is 0.193 e. The second-order valence-corrected chi connectivity index (χ2v) is 10.7. The van der Waals surface area contributed by atoms with Crippen molar-refractivity contribution < 1.29 is 15.0 Å². The van der Waals surface area contributed by atoms with Gasteiger partial charge in [0.05, 0.1) is 11.9 Å². The molecule has 3 heteroatoms. The number of aliphatic hydroxyl groups is 2. The lowest BCUT2D eigenvalue weighted by Gasteiger charge is -2.42. The first kappa shape index (κ1) is 21.8. The Bertz CT molecular complexity index is 1050. The summed E-state index contributed by atoms with van der Waals surface area (Å²) in [6.45, 7) is 11.2. The molecule has 2 aromatic carbocycles. The molecule has 1 unspecified atom stereocenters. The second kappa shape index (κ2) is 7.63. The van der Waals surface area contributed by atoms with Crippen molar-refractivity contribution in [3.63, 3.8) is 0 Å². The number of aliphatic hydroxyl groups excluding tert-OH is 2. The van der Waals surface area contributed by atoms with Crippen LogP contribution in [0.2, 0.25) is 0 Å². The van der Waals surface area contributed by atoms with Crippen LogP contribution in [0.3, 0.4) is 0 Å². The highest BCUT2D eigenvalue weighted by atomic mass is 16.3. The zero-order valence-electron chi connectivity index (χ0n) is 19.4. The molecule has 0 heterocycles. The summed E-state index contributed by atoms with van der Waals surface area (Å²) in [6.07, 6.45) is 3.64. The van der Waals surface area contributed by atoms with Crippen molar-refractivity contribution in [1.29, 1.82) is 0 Å². The van der Waals surface area contributed by atoms with Gasteiger partial charge in [0.25, 0.3) is 0 Å². The van der Waals surface area contributed by atoms with E-state index in [-0.39, 0.29) is 22.4 Å². The fraction of sp³-hybridized carbons (Fsp3) is 0.464. The summed E-state index contributed by atoms with van der Waals surface area (Å²) in [6, 6.07) is 11.7. The van der Waals surface area contributed by atoms with Gasteiger partial charge in [0, 0.05) is 23.1 Å². The summed E-state index contributed by atoms with van der Waals surface area (Å²) in [5, 5.41) is 20.5. The van der Waals surface area contributed by atoms with E-state index in [2.05, 4.69) is 39.8 Å². The van der Waals surface area contributed by atoms with Crippen LogP contribution in [0, 0.1) is 6.92 Å². The molecule has 2 aromatic rings. The number of hydrogen-bond donors (Lipinski definition) is 2. The van der Waals surface area contributed by atoms with Gasteiger partial charge in [-0.3, -0.25) is 4.79 Å². The van der Waals surface area contributed by atoms with Crippen LogP contribution >= 0.6 is 0 Å². The molecule has 3 nitrogen and oxygen atoms in total. The average molecular weight is 419 g/mol. The van der Waals surface area contributed by atoms with Gasteiger partial charge in [0.15, 0.2) is 5.78 Å². The van der Waals surface area contributed by atoms with Crippen LogP contribution in [0.4, 0.5) is 0 Å². The number of fused-ring (bicyclic) bond motifs is 1. The molecule has 2 aliphatic rings. The lowest BCUT2D eigenvalue weighted by Crippen LogP contribution is -2.34. The minimum Gasteiger partial charge on any atom is -0.512 e. The predicted octanol–water partition coefficient (Wildman–Crippen LogP) is 6.39. The summed E-state index contributed by atoms with van der Waals surface area (Å²) < 4.78 is 0. The molecule has 0 spiro atoms. The predicted molar refractivity (Wildman–Crippen MR) is 126 cm³/mol. The smallest absolute Gasteiger partial charge is 0.193 e. The van der Waals surface area contributed by atoms with Crippen LogP contribution in [0.25, 0.3) is 5.57 Å². The Labute approximate surface area is 185 Å². The van der Waals surface area contributed by atoms with E-state index in [9.17, 15) is 15.0 Å². The minimum absolute atomic E-state index is 0.0217. The molecular weight excluding hydrogens is 384 g/mol. The standard InChI is InChI=1S/C28H34O3/c1-17-15-21-22(28(4,5)14-13-27(21,2)3)16-20(17)26(31)19-11-9-18(10-12-19)25-23(29)7-6-8-24(25)30/h9-12,15-16,23,29-30H,6-8,13-14H2,1-5H3. The maximum atomic E-state index is 13.4. The first-order chi connectivity index (χ1) is 14.5. The Kier molecular flexibility index (Phi) is 5.37. The van der Waals surface area contributed by atoms with Crippen LogP contribution in [-0.2, 0) is 10.8 Å². The van der Waals surface area contributed by atoms with Crippen molar-refractivity contribution in [2.45, 2.75) is 83.7 Å². The first-order valence-electron chi connectivity index (χ1n) is 11.4. The summed E-state index contributed by atoms with van der Waals surface area (Å²) in [7, 11) is 0. The Morgan fingerprint density at radius 2 is 1.55 bits per heavy atom. The zero-order valence-corrected chi connectivity index (χ0v) is 19.4. The number of allylic oxidation sites excluding steroid dienone is 1. The average Bonchev–Trinajstić information content (AvgIpc) is 2.71. The SMILES string of the molecule is Cc1cc2c(cc1C(=O)c1ccc(C3=C(O)CCCC3O)cc1)C(C)(C)CCC2(C)C. The molecule has 31 heavy (non-hydrogen) atoms. The molecule has 0 radical (unpaired) electrons. The van der Waals surface area contributed by atoms with Crippen LogP contribution < -0.4 is 0 Å². The van der Waals surface area contributed by atoms with Crippen molar-refractivity contribution in [2.75, 3.05) is 0 Å². The highest BCUT2D eigenvalue weighted by Gasteiger charge is 2.38. The Balaban J connectivity index is 1.71. The van der Waals surface area contributed by atoms with E-state index in [4.69, 9.17) is 0 Å². The van der Waals surface area contributed by atoms with Gasteiger partial charge in [-0.05, 0) is 71.8 Å². The van der Waals surface area contributed by atoms with E-state index in [1.54, 1.807) is 0 Å². The highest BCUT2D eigenvalue weighted by Crippen LogP contribution is 2.46. The molecule has 4 rings (SSSR count). The van der Waals surface area contributed by atoms with Crippen LogP contribution in [-0.4, -0.2) is 22.1 Å². The number of carbonyl (C=O) groups is 1. The lowest BCUT2D eigenvalue weighted by atomic mass is 9.62. The van der Waals surface area contributed by atoms with Crippen molar-refractivity contribution in [3.8, 4) is 0 Å². The molecule has 2 N–H and O–H groups in total. The molecule has 2 aliphatic carbocycles. The van der Waals surface area contributed by atoms with Crippen molar-refractivity contribution in [3.05, 3.63) is 75.5 Å². The number of aryl methyl sites for hydroxylation is 1. The van der Waals surface area contributed by atoms with Gasteiger partial charge in [-0.25, -0.2) is 0 Å². The number of rotatable bonds is 3. The van der Waals surface area contributed by atoms with E-state index < -0.39 is 6.10 Å². The van der Waals surface area contributed by atoms with Crippen molar-refractivity contribution >= 4 is 11.4 Å². The van der Waals surface area contributed by atoms with Gasteiger partial charge in [0.2, 0.25) is 0 Å². The molecule has 0 aromatic heterocycles. The molecule has 0 amide bonds. The quantitative estimate of drug-likeness (QED) is 0.568. The number of carbonyl (C=O) groups excluding carboxylic acids is 1. The zero-order chi connectivity index (χ0) is 22.6. The summed E-state index contributed by atoms with van der Waals surface area (Å²) in [4.78, 5) is 13.4. The molecule has 0 saturated heterocycles. The van der Waals surface area contributed by atoms with Gasteiger partial charge in [-0.2, -0.15) is 0 Å². The van der Waals surface area contributed by atoms with Gasteiger partial charge in [0.1, 0.15) is 0 Å². The number of ketones is 1. The van der Waals surface area contributed by atoms with Gasteiger partial charge in [-0.1, -0.05) is 58.0 Å². The largest absolute Gasteiger partial charge is 0.512 e. The molecule has 0 bridgehead atoms. The number of benzene rings is 2. The van der Waals surface area contributed by atoms with Crippen LogP contribution in [0.15, 0.2) is 42.2 Å². The third-order valence-electron chi connectivity index (χ3n) is 7.44. The fourth-order valence-electron chi connectivity index (χ4n) is 5.22. The Hall–Kier alpha value is -2.39. The molecule has 0 fully saturated rings. The van der Waals surface area contributed by atoms with E-state index in [0.29, 0.717) is 24.0 Å². The first-order valence-corrected chi connectivity index (χ1v) is 11.4. The molecule has 0 saturated carbocycles. The topological polar surface area (TPSA) is 57.5 Å². The Morgan fingerprint density at radius 1 is 0.968 bits per heavy atom.